The van der Waals surface area contributed by atoms with Crippen LogP contribution in [0.3, 0.4) is 0 Å². The van der Waals surface area contributed by atoms with Crippen LogP contribution in [-0.2, 0) is 33.6 Å². The summed E-state index contributed by atoms with van der Waals surface area (Å²) >= 11 is 0. The Balaban J connectivity index is 2.23. The second-order valence-corrected chi connectivity index (χ2v) is 10.5. The highest BCUT2D eigenvalue weighted by atomic mass is 16.4. The summed E-state index contributed by atoms with van der Waals surface area (Å²) in [5.41, 5.74) is 5.84. The lowest BCUT2D eigenvalue weighted by molar-refractivity contribution is -0.141. The second-order valence-electron chi connectivity index (χ2n) is 10.5. The fourth-order valence-electron chi connectivity index (χ4n) is 4.16. The van der Waals surface area contributed by atoms with E-state index in [2.05, 4.69) is 21.3 Å². The number of benzene rings is 1. The summed E-state index contributed by atoms with van der Waals surface area (Å²) in [7, 11) is 0. The number of anilines is 1. The molecule has 0 radical (unpaired) electrons. The molecule has 2 aromatic rings. The summed E-state index contributed by atoms with van der Waals surface area (Å²) < 4.78 is 5.15. The average Bonchev–Trinajstić information content (AvgIpc) is 2.91. The van der Waals surface area contributed by atoms with E-state index in [9.17, 15) is 43.5 Å². The molecule has 0 aliphatic heterocycles. The number of carboxylic acids is 3. The molecule has 0 fully saturated rings. The number of carbonyl (C=O) groups excluding carboxylic acids is 4. The maximum atomic E-state index is 13.2. The van der Waals surface area contributed by atoms with Crippen LogP contribution in [-0.4, -0.2) is 81.0 Å². The van der Waals surface area contributed by atoms with Gasteiger partial charge in [-0.15, -0.1) is 0 Å². The van der Waals surface area contributed by atoms with Crippen molar-refractivity contribution in [3.8, 4) is 0 Å². The van der Waals surface area contributed by atoms with Crippen LogP contribution in [0.5, 0.6) is 0 Å². The zero-order valence-electron chi connectivity index (χ0n) is 24.6. The number of fused-ring (bicyclic) bond motifs is 1. The van der Waals surface area contributed by atoms with Crippen LogP contribution in [0.2, 0.25) is 0 Å². The second kappa shape index (κ2) is 15.9. The van der Waals surface area contributed by atoms with Crippen molar-refractivity contribution in [2.24, 2.45) is 11.7 Å². The van der Waals surface area contributed by atoms with Crippen LogP contribution < -0.4 is 32.6 Å². The number of carboxylic acid groups (broad SMARTS) is 3. The Morgan fingerprint density at radius 1 is 0.800 bits per heavy atom. The fraction of sp³-hybridized carbons (Fsp3) is 0.429. The van der Waals surface area contributed by atoms with Crippen molar-refractivity contribution in [2.45, 2.75) is 70.6 Å². The molecule has 0 unspecified atom stereocenters. The molecule has 2 rings (SSSR count). The van der Waals surface area contributed by atoms with Crippen molar-refractivity contribution in [1.29, 1.82) is 0 Å². The van der Waals surface area contributed by atoms with Gasteiger partial charge in [0.2, 0.25) is 23.6 Å². The van der Waals surface area contributed by atoms with Crippen molar-refractivity contribution in [2.75, 3.05) is 5.32 Å². The van der Waals surface area contributed by atoms with Gasteiger partial charge in [0.25, 0.3) is 0 Å². The Kier molecular flexibility index (Phi) is 12.7. The largest absolute Gasteiger partial charge is 0.481 e. The van der Waals surface area contributed by atoms with Gasteiger partial charge in [-0.3, -0.25) is 33.6 Å². The van der Waals surface area contributed by atoms with Gasteiger partial charge >= 0.3 is 23.5 Å². The lowest BCUT2D eigenvalue weighted by atomic mass is 10.0. The van der Waals surface area contributed by atoms with Crippen molar-refractivity contribution in [3.63, 3.8) is 0 Å². The van der Waals surface area contributed by atoms with Gasteiger partial charge in [-0.25, -0.2) is 4.79 Å². The van der Waals surface area contributed by atoms with Gasteiger partial charge in [0.1, 0.15) is 23.7 Å². The number of hydrogen-bond acceptors (Lipinski definition) is 10. The number of rotatable bonds is 16. The van der Waals surface area contributed by atoms with E-state index < -0.39 is 103 Å². The van der Waals surface area contributed by atoms with Gasteiger partial charge in [0.15, 0.2) is 0 Å². The quantitative estimate of drug-likeness (QED) is 0.106. The molecule has 0 bridgehead atoms. The Labute approximate surface area is 255 Å². The lowest BCUT2D eigenvalue weighted by Crippen LogP contribution is -2.59. The number of nitrogens with two attached hydrogens (primary N) is 1. The molecule has 0 aliphatic rings. The smallest absolute Gasteiger partial charge is 0.336 e. The predicted molar refractivity (Wildman–Crippen MR) is 156 cm³/mol. The molecule has 45 heavy (non-hydrogen) atoms. The number of amides is 4. The van der Waals surface area contributed by atoms with Crippen molar-refractivity contribution in [3.05, 3.63) is 40.2 Å². The Hall–Kier alpha value is -5.32. The topological polar surface area (TPSA) is 285 Å². The molecule has 0 saturated carbocycles. The average molecular weight is 634 g/mol. The van der Waals surface area contributed by atoms with Gasteiger partial charge in [-0.1, -0.05) is 13.8 Å². The highest BCUT2D eigenvalue weighted by Gasteiger charge is 2.33. The van der Waals surface area contributed by atoms with Crippen molar-refractivity contribution >= 4 is 58.2 Å². The van der Waals surface area contributed by atoms with Gasteiger partial charge < -0.3 is 46.7 Å². The zero-order chi connectivity index (χ0) is 34.0. The molecular formula is C28H35N5O12. The number of hydrogen-bond donors (Lipinski definition) is 8. The first-order valence-electron chi connectivity index (χ1n) is 13.7. The third kappa shape index (κ3) is 11.0. The Morgan fingerprint density at radius 2 is 1.42 bits per heavy atom. The van der Waals surface area contributed by atoms with E-state index in [4.69, 9.17) is 20.4 Å². The van der Waals surface area contributed by atoms with E-state index >= 15 is 0 Å². The Morgan fingerprint density at radius 3 is 2.00 bits per heavy atom. The van der Waals surface area contributed by atoms with Crippen LogP contribution in [0.1, 0.15) is 45.1 Å². The normalized spacial score (nSPS) is 13.6. The minimum atomic E-state index is -1.63. The lowest BCUT2D eigenvalue weighted by Gasteiger charge is -2.27. The van der Waals surface area contributed by atoms with Crippen LogP contribution in [0.25, 0.3) is 11.0 Å². The van der Waals surface area contributed by atoms with E-state index in [1.54, 1.807) is 13.0 Å². The van der Waals surface area contributed by atoms with Crippen LogP contribution in [0.4, 0.5) is 5.69 Å². The van der Waals surface area contributed by atoms with E-state index in [1.165, 1.54) is 32.0 Å². The first-order chi connectivity index (χ1) is 21.0. The van der Waals surface area contributed by atoms with Crippen molar-refractivity contribution in [1.82, 2.24) is 16.0 Å². The Bertz CT molecular complexity index is 1540. The van der Waals surface area contributed by atoms with E-state index in [0.717, 1.165) is 0 Å². The molecule has 244 valence electrons. The van der Waals surface area contributed by atoms with Gasteiger partial charge in [-0.05, 0) is 37.0 Å². The summed E-state index contributed by atoms with van der Waals surface area (Å²) in [5.74, 6) is -8.74. The first-order valence-corrected chi connectivity index (χ1v) is 13.7. The molecule has 17 nitrogen and oxygen atoms in total. The highest BCUT2D eigenvalue weighted by Crippen LogP contribution is 2.21. The third-order valence-corrected chi connectivity index (χ3v) is 6.49. The minimum Gasteiger partial charge on any atom is -0.481 e. The molecule has 0 saturated heterocycles. The van der Waals surface area contributed by atoms with E-state index in [-0.39, 0.29) is 11.3 Å². The summed E-state index contributed by atoms with van der Waals surface area (Å²) in [6.07, 6.45) is -2.63. The summed E-state index contributed by atoms with van der Waals surface area (Å²) in [6, 6.07) is -0.403. The van der Waals surface area contributed by atoms with E-state index in [1.807, 2.05) is 0 Å². The summed E-state index contributed by atoms with van der Waals surface area (Å²) in [4.78, 5) is 97.0. The maximum Gasteiger partial charge on any atom is 0.336 e. The molecule has 17 heteroatoms. The molecule has 0 spiro atoms. The van der Waals surface area contributed by atoms with Crippen LogP contribution in [0, 0.1) is 12.8 Å². The fourth-order valence-corrected chi connectivity index (χ4v) is 4.16. The third-order valence-electron chi connectivity index (χ3n) is 6.49. The van der Waals surface area contributed by atoms with Crippen molar-refractivity contribution < 1.29 is 53.3 Å². The number of aliphatic carboxylic acids is 3. The molecule has 9 N–H and O–H groups in total. The van der Waals surface area contributed by atoms with Gasteiger partial charge in [0.05, 0.1) is 18.9 Å². The molecule has 1 aromatic heterocycles. The maximum absolute atomic E-state index is 13.2. The zero-order valence-corrected chi connectivity index (χ0v) is 24.6. The summed E-state index contributed by atoms with van der Waals surface area (Å²) in [6.45, 7) is 4.74. The number of carbonyl (C=O) groups is 7. The van der Waals surface area contributed by atoms with Crippen LogP contribution >= 0.6 is 0 Å². The summed E-state index contributed by atoms with van der Waals surface area (Å²) in [5, 5.41) is 37.2. The van der Waals surface area contributed by atoms with Crippen LogP contribution in [0.15, 0.2) is 33.5 Å². The molecule has 1 aromatic carbocycles. The number of nitrogens with one attached hydrogen (secondary N) is 4. The SMILES string of the molecule is Cc1cc(=O)oc2cc(NC(=O)[C@H](CC(=O)O)NC(=O)[C@@H](NC(=O)[C@H](CCC(=O)O)NC(=O)[C@@H](N)CC(=O)O)C(C)C)ccc12. The molecule has 0 aliphatic carbocycles. The molecule has 1 heterocycles. The van der Waals surface area contributed by atoms with Gasteiger partial charge in [0, 0.05) is 29.6 Å². The van der Waals surface area contributed by atoms with Gasteiger partial charge in [-0.2, -0.15) is 0 Å². The number of aryl methyl sites for hydroxylation is 1. The first kappa shape index (κ1) is 35.9. The molecule has 4 amide bonds. The van der Waals surface area contributed by atoms with E-state index in [0.29, 0.717) is 10.9 Å². The monoisotopic (exact) mass is 633 g/mol. The predicted octanol–water partition coefficient (Wildman–Crippen LogP) is -0.708. The standard InChI is InChI=1S/C28H35N5O12/c1-12(2)24(33-26(42)17(6-7-20(34)35)31-25(41)16(29)10-21(36)37)28(44)32-18(11-22(38)39)27(43)30-14-4-5-15-13(3)8-23(40)45-19(15)9-14/h4-5,8-9,12,16-18,24H,6-7,10-11,29H2,1-3H3,(H,30,43)(H,31,41)(H,32,44)(H,33,42)(H,34,35)(H,36,37)(H,38,39)/t16-,17-,18-,24-/m0/s1. The highest BCUT2D eigenvalue weighted by molar-refractivity contribution is 6.01. The molecule has 4 atom stereocenters. The minimum absolute atomic E-state index is 0.137. The molecular weight excluding hydrogens is 598 g/mol.